The quantitative estimate of drug-likeness (QED) is 0.691. The largest absolute Gasteiger partial charge is 0.471 e. The number of alkyl halides is 3. The molecule has 6 nitrogen and oxygen atoms in total. The third kappa shape index (κ3) is 3.41. The number of rotatable bonds is 1. The fourth-order valence-electron chi connectivity index (χ4n) is 5.53. The van der Waals surface area contributed by atoms with Gasteiger partial charge in [0, 0.05) is 37.6 Å². The highest BCUT2D eigenvalue weighted by Gasteiger charge is 2.50. The van der Waals surface area contributed by atoms with Crippen molar-refractivity contribution in [2.24, 2.45) is 0 Å². The summed E-state index contributed by atoms with van der Waals surface area (Å²) in [7, 11) is 0. The zero-order valence-electron chi connectivity index (χ0n) is 16.7. The zero-order chi connectivity index (χ0) is 20.9. The number of hydrogen-bond acceptors (Lipinski definition) is 5. The number of hydrogen-bond donors (Lipinski definition) is 0. The third-order valence-electron chi connectivity index (χ3n) is 7.03. The Kier molecular flexibility index (Phi) is 4.85. The van der Waals surface area contributed by atoms with Gasteiger partial charge < -0.3 is 19.1 Å². The number of ether oxygens (including phenoxy) is 3. The maximum absolute atomic E-state index is 13.2. The van der Waals surface area contributed by atoms with Gasteiger partial charge in [-0.05, 0) is 48.9 Å². The second-order valence-electron chi connectivity index (χ2n) is 8.68. The molecule has 30 heavy (non-hydrogen) atoms. The molecule has 4 aliphatic rings. The monoisotopic (exact) mass is 426 g/mol. The molecule has 1 spiro atoms. The molecule has 9 heteroatoms. The van der Waals surface area contributed by atoms with Crippen LogP contribution in [-0.2, 0) is 21.5 Å². The van der Waals surface area contributed by atoms with E-state index in [4.69, 9.17) is 14.2 Å². The van der Waals surface area contributed by atoms with Crippen molar-refractivity contribution in [2.45, 2.75) is 49.9 Å². The molecular formula is C21H25F3N2O4. The van der Waals surface area contributed by atoms with Crippen molar-refractivity contribution in [3.63, 3.8) is 0 Å². The molecular weight excluding hydrogens is 401 g/mol. The fraction of sp³-hybridized carbons (Fsp3) is 0.667. The van der Waals surface area contributed by atoms with Crippen molar-refractivity contribution in [3.8, 4) is 11.5 Å². The van der Waals surface area contributed by atoms with E-state index in [0.717, 1.165) is 68.0 Å². The number of carbonyl (C=O) groups is 1. The van der Waals surface area contributed by atoms with E-state index in [-0.39, 0.29) is 19.9 Å². The van der Waals surface area contributed by atoms with Crippen LogP contribution in [-0.4, -0.2) is 67.6 Å². The first-order valence-corrected chi connectivity index (χ1v) is 10.5. The van der Waals surface area contributed by atoms with E-state index in [2.05, 4.69) is 4.90 Å². The Hall–Kier alpha value is -2.00. The predicted octanol–water partition coefficient (Wildman–Crippen LogP) is 2.83. The average Bonchev–Trinajstić information content (AvgIpc) is 3.20. The Morgan fingerprint density at radius 2 is 1.73 bits per heavy atom. The van der Waals surface area contributed by atoms with Gasteiger partial charge in [-0.2, -0.15) is 13.2 Å². The van der Waals surface area contributed by atoms with E-state index in [1.54, 1.807) is 6.07 Å². The van der Waals surface area contributed by atoms with Crippen LogP contribution in [0.15, 0.2) is 12.1 Å². The van der Waals surface area contributed by atoms with Crippen LogP contribution in [0.25, 0.3) is 0 Å². The highest BCUT2D eigenvalue weighted by molar-refractivity contribution is 5.82. The van der Waals surface area contributed by atoms with E-state index >= 15 is 0 Å². The molecule has 0 bridgehead atoms. The minimum atomic E-state index is -4.87. The standard InChI is InChI=1S/C21H25F3N2O4/c22-21(23,24)19(27)26-11-14-9-17-18(30-13-29-17)10-16(14)20(12-26)3-1-15(2-4-20)25-5-7-28-8-6-25/h9-10,15H,1-8,11-13H2. The van der Waals surface area contributed by atoms with Crippen LogP contribution in [0.5, 0.6) is 11.5 Å². The first kappa shape index (κ1) is 19.9. The van der Waals surface area contributed by atoms with Gasteiger partial charge in [0.2, 0.25) is 6.79 Å². The van der Waals surface area contributed by atoms with Crippen LogP contribution in [0.3, 0.4) is 0 Å². The SMILES string of the molecule is O=C(N1Cc2cc3c(cc2C2(CCC(N4CCOCC4)CC2)C1)OCO3)C(F)(F)F. The molecule has 1 aliphatic carbocycles. The summed E-state index contributed by atoms with van der Waals surface area (Å²) in [6, 6.07) is 4.09. The molecule has 3 aliphatic heterocycles. The highest BCUT2D eigenvalue weighted by atomic mass is 19.4. The minimum absolute atomic E-state index is 0.0566. The molecule has 3 heterocycles. The van der Waals surface area contributed by atoms with E-state index in [0.29, 0.717) is 17.5 Å². The maximum Gasteiger partial charge on any atom is 0.471 e. The van der Waals surface area contributed by atoms with Crippen LogP contribution in [0.4, 0.5) is 13.2 Å². The topological polar surface area (TPSA) is 51.2 Å². The molecule has 1 saturated heterocycles. The molecule has 164 valence electrons. The van der Waals surface area contributed by atoms with E-state index < -0.39 is 17.5 Å². The number of morpholine rings is 1. The van der Waals surface area contributed by atoms with Gasteiger partial charge in [0.15, 0.2) is 11.5 Å². The van der Waals surface area contributed by atoms with Gasteiger partial charge in [-0.1, -0.05) is 0 Å². The maximum atomic E-state index is 13.2. The van der Waals surface area contributed by atoms with Crippen molar-refractivity contribution >= 4 is 5.91 Å². The third-order valence-corrected chi connectivity index (χ3v) is 7.03. The van der Waals surface area contributed by atoms with Gasteiger partial charge >= 0.3 is 12.1 Å². The molecule has 1 aromatic carbocycles. The van der Waals surface area contributed by atoms with Gasteiger partial charge in [0.05, 0.1) is 13.2 Å². The highest BCUT2D eigenvalue weighted by Crippen LogP contribution is 2.49. The van der Waals surface area contributed by atoms with Gasteiger partial charge in [-0.25, -0.2) is 0 Å². The summed E-state index contributed by atoms with van der Waals surface area (Å²) >= 11 is 0. The molecule has 0 N–H and O–H groups in total. The Labute approximate surface area is 172 Å². The normalized spacial score (nSPS) is 29.2. The molecule has 2 fully saturated rings. The smallest absolute Gasteiger partial charge is 0.454 e. The van der Waals surface area contributed by atoms with E-state index in [1.165, 1.54) is 0 Å². The Bertz CT molecular complexity index is 830. The molecule has 0 radical (unpaired) electrons. The van der Waals surface area contributed by atoms with Gasteiger partial charge in [-0.3, -0.25) is 9.69 Å². The first-order valence-electron chi connectivity index (χ1n) is 10.5. The summed E-state index contributed by atoms with van der Waals surface area (Å²) in [6.45, 7) is 3.38. The molecule has 1 saturated carbocycles. The summed E-state index contributed by atoms with van der Waals surface area (Å²) in [5.41, 5.74) is 1.25. The predicted molar refractivity (Wildman–Crippen MR) is 100 cm³/mol. The lowest BCUT2D eigenvalue weighted by molar-refractivity contribution is -0.187. The Morgan fingerprint density at radius 1 is 1.07 bits per heavy atom. The van der Waals surface area contributed by atoms with Crippen molar-refractivity contribution in [1.29, 1.82) is 0 Å². The summed E-state index contributed by atoms with van der Waals surface area (Å²) < 4.78 is 56.1. The van der Waals surface area contributed by atoms with Crippen LogP contribution in [0, 0.1) is 0 Å². The lowest BCUT2D eigenvalue weighted by Gasteiger charge is -2.49. The van der Waals surface area contributed by atoms with Crippen molar-refractivity contribution in [3.05, 3.63) is 23.3 Å². The fourth-order valence-corrected chi connectivity index (χ4v) is 5.53. The lowest BCUT2D eigenvalue weighted by Crippen LogP contribution is -2.54. The second kappa shape index (κ2) is 7.30. The molecule has 1 amide bonds. The Morgan fingerprint density at radius 3 is 2.40 bits per heavy atom. The number of benzene rings is 1. The van der Waals surface area contributed by atoms with Crippen LogP contribution >= 0.6 is 0 Å². The summed E-state index contributed by atoms with van der Waals surface area (Å²) in [6.07, 6.45) is -1.61. The second-order valence-corrected chi connectivity index (χ2v) is 8.68. The van der Waals surface area contributed by atoms with Gasteiger partial charge in [0.1, 0.15) is 0 Å². The van der Waals surface area contributed by atoms with Crippen LogP contribution < -0.4 is 9.47 Å². The summed E-state index contributed by atoms with van der Waals surface area (Å²) in [5.74, 6) is -0.591. The Balaban J connectivity index is 1.45. The van der Waals surface area contributed by atoms with Gasteiger partial charge in [-0.15, -0.1) is 0 Å². The molecule has 0 aromatic heterocycles. The molecule has 1 aromatic rings. The number of nitrogens with zero attached hydrogens (tertiary/aromatic N) is 2. The van der Waals surface area contributed by atoms with E-state index in [9.17, 15) is 18.0 Å². The van der Waals surface area contributed by atoms with E-state index in [1.807, 2.05) is 6.07 Å². The van der Waals surface area contributed by atoms with Crippen molar-refractivity contribution in [1.82, 2.24) is 9.80 Å². The van der Waals surface area contributed by atoms with Gasteiger partial charge in [0.25, 0.3) is 0 Å². The van der Waals surface area contributed by atoms with Crippen molar-refractivity contribution < 1.29 is 32.2 Å². The number of carbonyl (C=O) groups excluding carboxylic acids is 1. The van der Waals surface area contributed by atoms with Crippen molar-refractivity contribution in [2.75, 3.05) is 39.6 Å². The molecule has 0 atom stereocenters. The zero-order valence-corrected chi connectivity index (χ0v) is 16.7. The van der Waals surface area contributed by atoms with Crippen LogP contribution in [0.1, 0.15) is 36.8 Å². The summed E-state index contributed by atoms with van der Waals surface area (Å²) in [4.78, 5) is 15.5. The van der Waals surface area contributed by atoms with Crippen LogP contribution in [0.2, 0.25) is 0 Å². The minimum Gasteiger partial charge on any atom is -0.454 e. The number of fused-ring (bicyclic) bond motifs is 3. The molecule has 5 rings (SSSR count). The molecule has 0 unspecified atom stereocenters. The average molecular weight is 426 g/mol. The number of amides is 1. The first-order chi connectivity index (χ1) is 14.4. The summed E-state index contributed by atoms with van der Waals surface area (Å²) in [5, 5.41) is 0. The number of halogens is 3. The lowest BCUT2D eigenvalue weighted by atomic mass is 9.64.